The lowest BCUT2D eigenvalue weighted by Gasteiger charge is -2.02. The third-order valence-electron chi connectivity index (χ3n) is 2.77. The third kappa shape index (κ3) is 3.68. The predicted octanol–water partition coefficient (Wildman–Crippen LogP) is 4.88. The Bertz CT molecular complexity index is 745. The van der Waals surface area contributed by atoms with Crippen molar-refractivity contribution in [3.63, 3.8) is 0 Å². The number of phenols is 1. The van der Waals surface area contributed by atoms with Gasteiger partial charge in [0.2, 0.25) is 5.75 Å². The third-order valence-corrected chi connectivity index (χ3v) is 4.12. The number of nitro benzene ring substituents is 1. The van der Waals surface area contributed by atoms with Gasteiger partial charge in [0.25, 0.3) is 0 Å². The molecule has 0 spiro atoms. The van der Waals surface area contributed by atoms with Crippen molar-refractivity contribution < 1.29 is 10.0 Å². The zero-order valence-corrected chi connectivity index (χ0v) is 14.1. The van der Waals surface area contributed by atoms with Gasteiger partial charge in [0.15, 0.2) is 0 Å². The van der Waals surface area contributed by atoms with Gasteiger partial charge in [-0.05, 0) is 36.8 Å². The number of halogens is 2. The summed E-state index contributed by atoms with van der Waals surface area (Å²) in [6.45, 7) is 1.94. The van der Waals surface area contributed by atoms with Gasteiger partial charge in [-0.3, -0.25) is 15.1 Å². The molecule has 7 heteroatoms. The summed E-state index contributed by atoms with van der Waals surface area (Å²) in [6, 6.07) is 8.35. The minimum absolute atomic E-state index is 0.275. The Labute approximate surface area is 137 Å². The Morgan fingerprint density at radius 1 is 1.29 bits per heavy atom. The molecule has 0 saturated carbocycles. The zero-order chi connectivity index (χ0) is 15.6. The summed E-state index contributed by atoms with van der Waals surface area (Å²) in [5, 5.41) is 20.8. The van der Waals surface area contributed by atoms with Gasteiger partial charge in [-0.2, -0.15) is 0 Å². The van der Waals surface area contributed by atoms with Gasteiger partial charge in [0, 0.05) is 26.8 Å². The summed E-state index contributed by atoms with van der Waals surface area (Å²) < 4.78 is 1.47. The molecule has 0 aliphatic carbocycles. The average molecular weight is 414 g/mol. The second kappa shape index (κ2) is 6.36. The summed E-state index contributed by atoms with van der Waals surface area (Å²) in [7, 11) is 0. The first-order valence-electron chi connectivity index (χ1n) is 5.85. The predicted molar refractivity (Wildman–Crippen MR) is 88.6 cm³/mol. The van der Waals surface area contributed by atoms with Gasteiger partial charge < -0.3 is 5.11 Å². The van der Waals surface area contributed by atoms with Crippen molar-refractivity contribution in [3.8, 4) is 5.75 Å². The van der Waals surface area contributed by atoms with Crippen LogP contribution in [-0.4, -0.2) is 16.2 Å². The summed E-state index contributed by atoms with van der Waals surface area (Å²) >= 11 is 6.58. The largest absolute Gasteiger partial charge is 0.502 e. The van der Waals surface area contributed by atoms with Gasteiger partial charge in [0.05, 0.1) is 10.6 Å². The molecule has 108 valence electrons. The normalized spacial score (nSPS) is 11.0. The van der Waals surface area contributed by atoms with Gasteiger partial charge in [0.1, 0.15) is 0 Å². The highest BCUT2D eigenvalue weighted by Crippen LogP contribution is 2.32. The number of aromatic hydroxyl groups is 1. The highest BCUT2D eigenvalue weighted by molar-refractivity contribution is 9.10. The van der Waals surface area contributed by atoms with Crippen LogP contribution in [0.2, 0.25) is 0 Å². The van der Waals surface area contributed by atoms with E-state index in [9.17, 15) is 15.2 Å². The van der Waals surface area contributed by atoms with E-state index >= 15 is 0 Å². The van der Waals surface area contributed by atoms with E-state index in [1.807, 2.05) is 19.1 Å². The fraction of sp³-hybridized carbons (Fsp3) is 0.0714. The maximum atomic E-state index is 10.9. The maximum Gasteiger partial charge on any atom is 0.312 e. The number of aliphatic imine (C=N–C) groups is 1. The minimum Gasteiger partial charge on any atom is -0.502 e. The fourth-order valence-corrected chi connectivity index (χ4v) is 2.41. The van der Waals surface area contributed by atoms with Crippen molar-refractivity contribution in [2.45, 2.75) is 6.92 Å². The van der Waals surface area contributed by atoms with Crippen LogP contribution in [0.4, 0.5) is 11.4 Å². The van der Waals surface area contributed by atoms with Gasteiger partial charge in [-0.1, -0.05) is 31.9 Å². The molecule has 0 amide bonds. The molecule has 0 aromatic heterocycles. The fourth-order valence-electron chi connectivity index (χ4n) is 1.70. The summed E-state index contributed by atoms with van der Waals surface area (Å²) in [5.41, 5.74) is 1.63. The van der Waals surface area contributed by atoms with E-state index in [-0.39, 0.29) is 11.3 Å². The number of phenolic OH excluding ortho intramolecular Hbond substituents is 1. The van der Waals surface area contributed by atoms with E-state index in [1.165, 1.54) is 12.3 Å². The van der Waals surface area contributed by atoms with Crippen LogP contribution in [0.3, 0.4) is 0 Å². The van der Waals surface area contributed by atoms with Crippen LogP contribution < -0.4 is 0 Å². The standard InChI is InChI=1S/C14H10Br2N2O3/c1-8-4-11(2-3-12(8)16)17-7-9-5-10(15)6-13(14(9)19)18(20)21/h2-7,19H,1H3. The van der Waals surface area contributed by atoms with Crippen molar-refractivity contribution >= 4 is 49.4 Å². The molecule has 0 saturated heterocycles. The van der Waals surface area contributed by atoms with Crippen LogP contribution >= 0.6 is 31.9 Å². The van der Waals surface area contributed by atoms with E-state index in [4.69, 9.17) is 0 Å². The Balaban J connectivity index is 2.41. The molecule has 0 heterocycles. The highest BCUT2D eigenvalue weighted by Gasteiger charge is 2.17. The second-order valence-corrected chi connectivity index (χ2v) is 6.08. The Morgan fingerprint density at radius 3 is 2.62 bits per heavy atom. The number of aryl methyl sites for hydroxylation is 1. The van der Waals surface area contributed by atoms with E-state index in [0.29, 0.717) is 10.2 Å². The Kier molecular flexibility index (Phi) is 4.74. The Hall–Kier alpha value is -1.73. The van der Waals surface area contributed by atoms with Crippen LogP contribution in [0.5, 0.6) is 5.75 Å². The number of benzene rings is 2. The lowest BCUT2D eigenvalue weighted by Crippen LogP contribution is -1.92. The van der Waals surface area contributed by atoms with Crippen LogP contribution in [0, 0.1) is 17.0 Å². The zero-order valence-electron chi connectivity index (χ0n) is 10.9. The van der Waals surface area contributed by atoms with Crippen LogP contribution in [0.25, 0.3) is 0 Å². The molecule has 0 radical (unpaired) electrons. The van der Waals surface area contributed by atoms with Crippen molar-refractivity contribution in [3.05, 3.63) is 60.5 Å². The smallest absolute Gasteiger partial charge is 0.312 e. The first-order valence-corrected chi connectivity index (χ1v) is 7.44. The summed E-state index contributed by atoms with van der Waals surface area (Å²) in [4.78, 5) is 14.5. The van der Waals surface area contributed by atoms with E-state index in [2.05, 4.69) is 36.9 Å². The van der Waals surface area contributed by atoms with Crippen molar-refractivity contribution in [2.24, 2.45) is 4.99 Å². The van der Waals surface area contributed by atoms with E-state index in [1.54, 1.807) is 12.1 Å². The minimum atomic E-state index is -0.638. The number of nitro groups is 1. The first-order chi connectivity index (χ1) is 9.88. The monoisotopic (exact) mass is 412 g/mol. The lowest BCUT2D eigenvalue weighted by molar-refractivity contribution is -0.385. The number of hydrogen-bond acceptors (Lipinski definition) is 4. The van der Waals surface area contributed by atoms with Gasteiger partial charge in [-0.25, -0.2) is 0 Å². The molecule has 21 heavy (non-hydrogen) atoms. The first kappa shape index (κ1) is 15.7. The lowest BCUT2D eigenvalue weighted by atomic mass is 10.2. The number of hydrogen-bond donors (Lipinski definition) is 1. The molecule has 2 aromatic rings. The molecule has 0 aliphatic heterocycles. The van der Waals surface area contributed by atoms with E-state index < -0.39 is 10.7 Å². The van der Waals surface area contributed by atoms with Gasteiger partial charge >= 0.3 is 5.69 Å². The molecule has 0 fully saturated rings. The molecule has 2 aromatic carbocycles. The highest BCUT2D eigenvalue weighted by atomic mass is 79.9. The van der Waals surface area contributed by atoms with Crippen LogP contribution in [-0.2, 0) is 0 Å². The SMILES string of the molecule is Cc1cc(N=Cc2cc(Br)cc([N+](=O)[O-])c2O)ccc1Br. The molecule has 0 atom stereocenters. The quantitative estimate of drug-likeness (QED) is 0.442. The maximum absolute atomic E-state index is 10.9. The molecule has 2 rings (SSSR count). The molecular formula is C14H10Br2N2O3. The second-order valence-electron chi connectivity index (χ2n) is 4.31. The van der Waals surface area contributed by atoms with E-state index in [0.717, 1.165) is 10.0 Å². The average Bonchev–Trinajstić information content (AvgIpc) is 2.42. The molecule has 0 unspecified atom stereocenters. The van der Waals surface area contributed by atoms with Crippen molar-refractivity contribution in [1.82, 2.24) is 0 Å². The molecule has 5 nitrogen and oxygen atoms in total. The summed E-state index contributed by atoms with van der Waals surface area (Å²) in [6.07, 6.45) is 1.40. The van der Waals surface area contributed by atoms with Crippen LogP contribution in [0.15, 0.2) is 44.3 Å². The Morgan fingerprint density at radius 2 is 2.00 bits per heavy atom. The molecule has 0 aliphatic rings. The van der Waals surface area contributed by atoms with Crippen molar-refractivity contribution in [1.29, 1.82) is 0 Å². The molecular weight excluding hydrogens is 404 g/mol. The summed E-state index contributed by atoms with van der Waals surface area (Å²) in [5.74, 6) is -0.402. The number of nitrogens with zero attached hydrogens (tertiary/aromatic N) is 2. The topological polar surface area (TPSA) is 75.7 Å². The van der Waals surface area contributed by atoms with Crippen molar-refractivity contribution in [2.75, 3.05) is 0 Å². The number of rotatable bonds is 3. The van der Waals surface area contributed by atoms with Gasteiger partial charge in [-0.15, -0.1) is 0 Å². The van der Waals surface area contributed by atoms with Crippen LogP contribution in [0.1, 0.15) is 11.1 Å². The molecule has 1 N–H and O–H groups in total. The molecule has 0 bridgehead atoms.